The summed E-state index contributed by atoms with van der Waals surface area (Å²) in [4.78, 5) is 25.3. The van der Waals surface area contributed by atoms with Crippen LogP contribution < -0.4 is 10.2 Å². The van der Waals surface area contributed by atoms with Gasteiger partial charge in [0.25, 0.3) is 5.91 Å². The molecular formula is C25H29N7O2. The van der Waals surface area contributed by atoms with Crippen LogP contribution in [0.1, 0.15) is 17.3 Å². The van der Waals surface area contributed by atoms with E-state index in [1.807, 2.05) is 68.6 Å². The van der Waals surface area contributed by atoms with Crippen LogP contribution in [0.25, 0.3) is 22.6 Å². The standard InChI is InChI=1S/C25H29N7O2/c1-17(33)16-31-11-13-32(14-12-31)19-9-7-18(8-10-19)25(34)28-23-15-22(30(2)29-23)24-26-20-5-3-4-6-21(20)27-24/h3-10,15,17,33H,11-14,16H2,1-2H3,(H,26,27)(H,28,29,34). The number of carbonyl (C=O) groups is 1. The molecule has 1 unspecified atom stereocenters. The summed E-state index contributed by atoms with van der Waals surface area (Å²) < 4.78 is 1.70. The van der Waals surface area contributed by atoms with Crippen molar-refractivity contribution in [2.75, 3.05) is 42.9 Å². The molecule has 1 aliphatic heterocycles. The zero-order chi connectivity index (χ0) is 23.7. The van der Waals surface area contributed by atoms with Crippen molar-refractivity contribution in [2.45, 2.75) is 13.0 Å². The quantitative estimate of drug-likeness (QED) is 0.410. The average Bonchev–Trinajstić information content (AvgIpc) is 3.42. The van der Waals surface area contributed by atoms with Gasteiger partial charge in [0, 0.05) is 57.1 Å². The number of hydrogen-bond acceptors (Lipinski definition) is 6. The molecule has 2 aromatic carbocycles. The largest absolute Gasteiger partial charge is 0.392 e. The van der Waals surface area contributed by atoms with Gasteiger partial charge < -0.3 is 20.3 Å². The number of para-hydroxylation sites is 2. The molecule has 176 valence electrons. The van der Waals surface area contributed by atoms with Gasteiger partial charge in [0.05, 0.1) is 17.1 Å². The lowest BCUT2D eigenvalue weighted by Crippen LogP contribution is -2.48. The molecule has 2 aromatic heterocycles. The lowest BCUT2D eigenvalue weighted by Gasteiger charge is -2.36. The van der Waals surface area contributed by atoms with Crippen LogP contribution in [0.4, 0.5) is 11.5 Å². The van der Waals surface area contributed by atoms with Crippen molar-refractivity contribution in [3.05, 3.63) is 60.2 Å². The molecule has 1 saturated heterocycles. The SMILES string of the molecule is CC(O)CN1CCN(c2ccc(C(=O)Nc3cc(-c4nc5ccccc5[nH]4)n(C)n3)cc2)CC1. The van der Waals surface area contributed by atoms with Gasteiger partial charge in [0.15, 0.2) is 11.6 Å². The van der Waals surface area contributed by atoms with E-state index in [2.05, 4.69) is 30.2 Å². The van der Waals surface area contributed by atoms with Gasteiger partial charge in [-0.3, -0.25) is 14.4 Å². The molecule has 9 nitrogen and oxygen atoms in total. The summed E-state index contributed by atoms with van der Waals surface area (Å²) in [6, 6.07) is 17.3. The number of aliphatic hydroxyl groups excluding tert-OH is 1. The van der Waals surface area contributed by atoms with Crippen LogP contribution >= 0.6 is 0 Å². The molecule has 1 atom stereocenters. The van der Waals surface area contributed by atoms with E-state index in [4.69, 9.17) is 0 Å². The lowest BCUT2D eigenvalue weighted by molar-refractivity contribution is 0.102. The van der Waals surface area contributed by atoms with Gasteiger partial charge in [-0.2, -0.15) is 5.10 Å². The molecule has 3 N–H and O–H groups in total. The second-order valence-corrected chi connectivity index (χ2v) is 8.78. The Kier molecular flexibility index (Phi) is 6.04. The normalized spacial score (nSPS) is 15.6. The molecule has 1 fully saturated rings. The predicted molar refractivity (Wildman–Crippen MR) is 133 cm³/mol. The number of β-amino-alcohol motifs (C(OH)–C–C–N with tert-alkyl or cyclic N) is 1. The molecule has 0 spiro atoms. The Morgan fingerprint density at radius 1 is 1.12 bits per heavy atom. The highest BCUT2D eigenvalue weighted by Crippen LogP contribution is 2.23. The second kappa shape index (κ2) is 9.28. The number of hydrogen-bond donors (Lipinski definition) is 3. The number of nitrogens with zero attached hydrogens (tertiary/aromatic N) is 5. The Hall–Kier alpha value is -3.69. The molecule has 5 rings (SSSR count). The number of aromatic nitrogens is 4. The Balaban J connectivity index is 1.23. The number of nitrogens with one attached hydrogen (secondary N) is 2. The Morgan fingerprint density at radius 3 is 2.56 bits per heavy atom. The van der Waals surface area contributed by atoms with E-state index >= 15 is 0 Å². The lowest BCUT2D eigenvalue weighted by atomic mass is 10.1. The molecule has 4 aromatic rings. The van der Waals surface area contributed by atoms with Crippen LogP contribution in [0.5, 0.6) is 0 Å². The summed E-state index contributed by atoms with van der Waals surface area (Å²) in [6.45, 7) is 6.16. The van der Waals surface area contributed by atoms with E-state index in [0.29, 0.717) is 23.8 Å². The van der Waals surface area contributed by atoms with Gasteiger partial charge in [-0.25, -0.2) is 4.98 Å². The predicted octanol–water partition coefficient (Wildman–Crippen LogP) is 2.72. The van der Waals surface area contributed by atoms with Crippen molar-refractivity contribution >= 4 is 28.4 Å². The minimum Gasteiger partial charge on any atom is -0.392 e. The minimum absolute atomic E-state index is 0.206. The first kappa shape index (κ1) is 22.1. The number of aryl methyl sites for hydroxylation is 1. The van der Waals surface area contributed by atoms with E-state index in [1.54, 1.807) is 4.68 Å². The van der Waals surface area contributed by atoms with E-state index in [1.165, 1.54) is 0 Å². The van der Waals surface area contributed by atoms with Crippen molar-refractivity contribution in [3.8, 4) is 11.5 Å². The topological polar surface area (TPSA) is 102 Å². The van der Waals surface area contributed by atoms with Crippen molar-refractivity contribution < 1.29 is 9.90 Å². The summed E-state index contributed by atoms with van der Waals surface area (Å²) in [6.07, 6.45) is -0.307. The summed E-state index contributed by atoms with van der Waals surface area (Å²) in [5.41, 5.74) is 4.30. The third kappa shape index (κ3) is 4.66. The van der Waals surface area contributed by atoms with Crippen LogP contribution in [0.2, 0.25) is 0 Å². The van der Waals surface area contributed by atoms with Gasteiger partial charge in [0.1, 0.15) is 5.69 Å². The van der Waals surface area contributed by atoms with Crippen LogP contribution in [-0.4, -0.2) is 74.5 Å². The van der Waals surface area contributed by atoms with Crippen LogP contribution in [0.3, 0.4) is 0 Å². The highest BCUT2D eigenvalue weighted by molar-refractivity contribution is 6.04. The number of aliphatic hydroxyl groups is 1. The number of fused-ring (bicyclic) bond motifs is 1. The number of amides is 1. The van der Waals surface area contributed by atoms with Crippen LogP contribution in [0.15, 0.2) is 54.6 Å². The number of anilines is 2. The molecule has 34 heavy (non-hydrogen) atoms. The van der Waals surface area contributed by atoms with Crippen LogP contribution in [0, 0.1) is 0 Å². The molecule has 3 heterocycles. The summed E-state index contributed by atoms with van der Waals surface area (Å²) in [5.74, 6) is 0.971. The molecule has 9 heteroatoms. The van der Waals surface area contributed by atoms with E-state index < -0.39 is 0 Å². The van der Waals surface area contributed by atoms with Gasteiger partial charge in [-0.05, 0) is 43.3 Å². The molecular weight excluding hydrogens is 430 g/mol. The molecule has 0 bridgehead atoms. The van der Waals surface area contributed by atoms with Crippen molar-refractivity contribution in [2.24, 2.45) is 7.05 Å². The van der Waals surface area contributed by atoms with Crippen molar-refractivity contribution in [3.63, 3.8) is 0 Å². The molecule has 0 radical (unpaired) electrons. The molecule has 1 aliphatic rings. The first-order chi connectivity index (χ1) is 16.5. The van der Waals surface area contributed by atoms with E-state index in [9.17, 15) is 9.90 Å². The highest BCUT2D eigenvalue weighted by atomic mass is 16.3. The van der Waals surface area contributed by atoms with Crippen molar-refractivity contribution in [1.29, 1.82) is 0 Å². The summed E-state index contributed by atoms with van der Waals surface area (Å²) >= 11 is 0. The zero-order valence-electron chi connectivity index (χ0n) is 19.4. The van der Waals surface area contributed by atoms with E-state index in [0.717, 1.165) is 48.6 Å². The second-order valence-electron chi connectivity index (χ2n) is 8.78. The monoisotopic (exact) mass is 459 g/mol. The average molecular weight is 460 g/mol. The summed E-state index contributed by atoms with van der Waals surface area (Å²) in [5, 5.41) is 16.9. The highest BCUT2D eigenvalue weighted by Gasteiger charge is 2.19. The maximum Gasteiger partial charge on any atom is 0.256 e. The smallest absolute Gasteiger partial charge is 0.256 e. The number of imidazole rings is 1. The first-order valence-electron chi connectivity index (χ1n) is 11.5. The number of piperazine rings is 1. The Bertz CT molecular complexity index is 1250. The van der Waals surface area contributed by atoms with Gasteiger partial charge in [-0.15, -0.1) is 0 Å². The Morgan fingerprint density at radius 2 is 1.85 bits per heavy atom. The fourth-order valence-corrected chi connectivity index (χ4v) is 4.40. The fraction of sp³-hybridized carbons (Fsp3) is 0.320. The zero-order valence-corrected chi connectivity index (χ0v) is 19.4. The third-order valence-electron chi connectivity index (χ3n) is 6.14. The number of aromatic amines is 1. The van der Waals surface area contributed by atoms with Gasteiger partial charge in [-0.1, -0.05) is 12.1 Å². The third-order valence-corrected chi connectivity index (χ3v) is 6.14. The van der Waals surface area contributed by atoms with Crippen LogP contribution in [-0.2, 0) is 7.05 Å². The first-order valence-corrected chi connectivity index (χ1v) is 11.5. The number of rotatable bonds is 6. The minimum atomic E-state index is -0.307. The van der Waals surface area contributed by atoms with Crippen molar-refractivity contribution in [1.82, 2.24) is 24.6 Å². The number of carbonyl (C=O) groups excluding carboxylic acids is 1. The fourth-order valence-electron chi connectivity index (χ4n) is 4.40. The maximum absolute atomic E-state index is 12.8. The molecule has 0 saturated carbocycles. The van der Waals surface area contributed by atoms with Gasteiger partial charge in [0.2, 0.25) is 0 Å². The number of benzene rings is 2. The van der Waals surface area contributed by atoms with Gasteiger partial charge >= 0.3 is 0 Å². The Labute approximate surface area is 198 Å². The van der Waals surface area contributed by atoms with E-state index in [-0.39, 0.29) is 12.0 Å². The molecule has 1 amide bonds. The molecule has 0 aliphatic carbocycles. The summed E-state index contributed by atoms with van der Waals surface area (Å²) in [7, 11) is 1.83. The maximum atomic E-state index is 12.8. The number of H-pyrrole nitrogens is 1.